The fourth-order valence-corrected chi connectivity index (χ4v) is 1.87. The molecule has 0 heterocycles. The quantitative estimate of drug-likeness (QED) is 0.603. The van der Waals surface area contributed by atoms with Crippen LogP contribution < -0.4 is 10.1 Å². The summed E-state index contributed by atoms with van der Waals surface area (Å²) in [6, 6.07) is 7.70. The average molecular weight is 297 g/mol. The van der Waals surface area contributed by atoms with Crippen LogP contribution in [0.5, 0.6) is 5.75 Å². The molecule has 0 bridgehead atoms. The van der Waals surface area contributed by atoms with E-state index in [9.17, 15) is 10.2 Å². The van der Waals surface area contributed by atoms with E-state index in [1.165, 1.54) is 0 Å². The molecule has 0 aliphatic heterocycles. The lowest BCUT2D eigenvalue weighted by atomic mass is 10.0. The molecule has 0 aliphatic rings. The highest BCUT2D eigenvalue weighted by Crippen LogP contribution is 2.12. The first kappa shape index (κ1) is 17.9. The summed E-state index contributed by atoms with van der Waals surface area (Å²) < 4.78 is 10.5. The van der Waals surface area contributed by atoms with Crippen LogP contribution in [0, 0.1) is 6.92 Å². The minimum absolute atomic E-state index is 0.219. The molecule has 0 aliphatic carbocycles. The standard InChI is InChI=1S/C16H27NO4/c1-13-5-4-6-15(9-13)21-11-14(18)10-17-12-16(2,19)7-8-20-3/h4-6,9,14,17-19H,7-8,10-12H2,1-3H3. The van der Waals surface area contributed by atoms with Crippen molar-refractivity contribution >= 4 is 0 Å². The van der Waals surface area contributed by atoms with Crippen LogP contribution in [0.1, 0.15) is 18.9 Å². The average Bonchev–Trinajstić information content (AvgIpc) is 2.43. The van der Waals surface area contributed by atoms with E-state index in [-0.39, 0.29) is 6.61 Å². The van der Waals surface area contributed by atoms with Gasteiger partial charge >= 0.3 is 0 Å². The van der Waals surface area contributed by atoms with Gasteiger partial charge in [0.1, 0.15) is 18.5 Å². The van der Waals surface area contributed by atoms with E-state index >= 15 is 0 Å². The first-order valence-electron chi connectivity index (χ1n) is 7.22. The number of benzene rings is 1. The Morgan fingerprint density at radius 1 is 1.38 bits per heavy atom. The van der Waals surface area contributed by atoms with Crippen molar-refractivity contribution in [2.45, 2.75) is 32.0 Å². The van der Waals surface area contributed by atoms with E-state index in [0.717, 1.165) is 11.3 Å². The number of rotatable bonds is 10. The smallest absolute Gasteiger partial charge is 0.119 e. The Morgan fingerprint density at radius 2 is 2.14 bits per heavy atom. The normalized spacial score (nSPS) is 15.5. The van der Waals surface area contributed by atoms with Crippen molar-refractivity contribution in [1.29, 1.82) is 0 Å². The number of ether oxygens (including phenoxy) is 2. The summed E-state index contributed by atoms with van der Waals surface area (Å²) >= 11 is 0. The van der Waals surface area contributed by atoms with E-state index in [0.29, 0.717) is 26.1 Å². The van der Waals surface area contributed by atoms with E-state index < -0.39 is 11.7 Å². The monoisotopic (exact) mass is 297 g/mol. The molecule has 0 aromatic heterocycles. The van der Waals surface area contributed by atoms with Crippen LogP contribution in [0.3, 0.4) is 0 Å². The maximum absolute atomic E-state index is 10.0. The molecule has 3 N–H and O–H groups in total. The van der Waals surface area contributed by atoms with E-state index in [2.05, 4.69) is 5.32 Å². The molecule has 0 saturated carbocycles. The van der Waals surface area contributed by atoms with E-state index in [4.69, 9.17) is 9.47 Å². The molecule has 5 nitrogen and oxygen atoms in total. The Morgan fingerprint density at radius 3 is 2.81 bits per heavy atom. The highest BCUT2D eigenvalue weighted by molar-refractivity contribution is 5.27. The lowest BCUT2D eigenvalue weighted by molar-refractivity contribution is 0.0208. The van der Waals surface area contributed by atoms with Crippen LogP contribution in [0.2, 0.25) is 0 Å². The Balaban J connectivity index is 2.20. The zero-order valence-electron chi connectivity index (χ0n) is 13.1. The van der Waals surface area contributed by atoms with Gasteiger partial charge in [0, 0.05) is 33.2 Å². The first-order valence-corrected chi connectivity index (χ1v) is 7.22. The van der Waals surface area contributed by atoms with Crippen molar-refractivity contribution in [3.63, 3.8) is 0 Å². The third-order valence-corrected chi connectivity index (χ3v) is 3.16. The minimum Gasteiger partial charge on any atom is -0.491 e. The molecule has 0 saturated heterocycles. The molecule has 0 fully saturated rings. The van der Waals surface area contributed by atoms with Crippen LogP contribution in [0.15, 0.2) is 24.3 Å². The van der Waals surface area contributed by atoms with Gasteiger partial charge in [-0.05, 0) is 31.5 Å². The number of hydrogen-bond donors (Lipinski definition) is 3. The zero-order valence-corrected chi connectivity index (χ0v) is 13.1. The second-order valence-corrected chi connectivity index (χ2v) is 5.65. The molecular weight excluding hydrogens is 270 g/mol. The highest BCUT2D eigenvalue weighted by atomic mass is 16.5. The van der Waals surface area contributed by atoms with Crippen molar-refractivity contribution < 1.29 is 19.7 Å². The molecule has 5 heteroatoms. The predicted molar refractivity (Wildman–Crippen MR) is 82.7 cm³/mol. The van der Waals surface area contributed by atoms with Gasteiger partial charge in [0.25, 0.3) is 0 Å². The summed E-state index contributed by atoms with van der Waals surface area (Å²) in [5, 5.41) is 22.9. The van der Waals surface area contributed by atoms with Gasteiger partial charge in [0.05, 0.1) is 5.60 Å². The third-order valence-electron chi connectivity index (χ3n) is 3.16. The Hall–Kier alpha value is -1.14. The van der Waals surface area contributed by atoms with Crippen LogP contribution in [-0.2, 0) is 4.74 Å². The number of aliphatic hydroxyl groups is 2. The largest absolute Gasteiger partial charge is 0.491 e. The van der Waals surface area contributed by atoms with Crippen LogP contribution in [0.25, 0.3) is 0 Å². The number of aryl methyl sites for hydroxylation is 1. The van der Waals surface area contributed by atoms with Gasteiger partial charge in [-0.15, -0.1) is 0 Å². The molecule has 120 valence electrons. The number of nitrogens with one attached hydrogen (secondary N) is 1. The molecule has 1 rings (SSSR count). The van der Waals surface area contributed by atoms with Gasteiger partial charge in [0.2, 0.25) is 0 Å². The van der Waals surface area contributed by atoms with Crippen molar-refractivity contribution in [3.05, 3.63) is 29.8 Å². The molecule has 21 heavy (non-hydrogen) atoms. The van der Waals surface area contributed by atoms with Gasteiger partial charge in [0.15, 0.2) is 0 Å². The Labute approximate surface area is 126 Å². The number of aliphatic hydroxyl groups excluding tert-OH is 1. The second kappa shape index (κ2) is 9.00. The molecule has 2 atom stereocenters. The van der Waals surface area contributed by atoms with Crippen molar-refractivity contribution in [2.75, 3.05) is 33.4 Å². The maximum Gasteiger partial charge on any atom is 0.119 e. The van der Waals surface area contributed by atoms with Gasteiger partial charge in [-0.1, -0.05) is 12.1 Å². The Bertz CT molecular complexity index is 409. The highest BCUT2D eigenvalue weighted by Gasteiger charge is 2.19. The lowest BCUT2D eigenvalue weighted by Crippen LogP contribution is -2.42. The summed E-state index contributed by atoms with van der Waals surface area (Å²) in [5.74, 6) is 0.751. The molecular formula is C16H27NO4. The van der Waals surface area contributed by atoms with Crippen molar-refractivity contribution in [2.24, 2.45) is 0 Å². The summed E-state index contributed by atoms with van der Waals surface area (Å²) in [6.45, 7) is 5.23. The van der Waals surface area contributed by atoms with Gasteiger partial charge in [-0.25, -0.2) is 0 Å². The fraction of sp³-hybridized carbons (Fsp3) is 0.625. The minimum atomic E-state index is -0.840. The van der Waals surface area contributed by atoms with Gasteiger partial charge in [-0.3, -0.25) is 0 Å². The third kappa shape index (κ3) is 8.02. The van der Waals surface area contributed by atoms with Crippen LogP contribution >= 0.6 is 0 Å². The van der Waals surface area contributed by atoms with Crippen molar-refractivity contribution in [1.82, 2.24) is 5.32 Å². The Kier molecular flexibility index (Phi) is 7.67. The maximum atomic E-state index is 10.0. The van der Waals surface area contributed by atoms with Crippen LogP contribution in [0.4, 0.5) is 0 Å². The molecule has 0 spiro atoms. The molecule has 0 radical (unpaired) electrons. The van der Waals surface area contributed by atoms with E-state index in [1.54, 1.807) is 14.0 Å². The SMILES string of the molecule is COCCC(C)(O)CNCC(O)COc1cccc(C)c1. The summed E-state index contributed by atoms with van der Waals surface area (Å²) in [4.78, 5) is 0. The molecule has 1 aromatic carbocycles. The fourth-order valence-electron chi connectivity index (χ4n) is 1.87. The number of hydrogen-bond acceptors (Lipinski definition) is 5. The lowest BCUT2D eigenvalue weighted by Gasteiger charge is -2.24. The zero-order chi connectivity index (χ0) is 15.7. The number of methoxy groups -OCH3 is 1. The molecule has 2 unspecified atom stereocenters. The first-order chi connectivity index (χ1) is 9.93. The van der Waals surface area contributed by atoms with Gasteiger partial charge < -0.3 is 25.0 Å². The second-order valence-electron chi connectivity index (χ2n) is 5.65. The predicted octanol–water partition coefficient (Wildman–Crippen LogP) is 1.11. The molecule has 1 aromatic rings. The summed E-state index contributed by atoms with van der Waals surface area (Å²) in [7, 11) is 1.61. The van der Waals surface area contributed by atoms with Crippen molar-refractivity contribution in [3.8, 4) is 5.75 Å². The summed E-state index contributed by atoms with van der Waals surface area (Å²) in [6.07, 6.45) is -0.0735. The topological polar surface area (TPSA) is 71.0 Å². The van der Waals surface area contributed by atoms with Gasteiger partial charge in [-0.2, -0.15) is 0 Å². The summed E-state index contributed by atoms with van der Waals surface area (Å²) in [5.41, 5.74) is 0.280. The molecule has 0 amide bonds. The van der Waals surface area contributed by atoms with Crippen LogP contribution in [-0.4, -0.2) is 55.3 Å². The van der Waals surface area contributed by atoms with E-state index in [1.807, 2.05) is 31.2 Å².